The number of carbonyl (C=O) groups is 1. The molecule has 0 bridgehead atoms. The first-order valence-electron chi connectivity index (χ1n) is 5.32. The van der Waals surface area contributed by atoms with E-state index in [1.807, 2.05) is 23.7 Å². The van der Waals surface area contributed by atoms with E-state index in [2.05, 4.69) is 0 Å². The number of rotatable bonds is 2. The Hall–Kier alpha value is -0.220. The first-order chi connectivity index (χ1) is 6.68. The molecule has 2 rings (SSSR count). The van der Waals surface area contributed by atoms with Gasteiger partial charge in [-0.3, -0.25) is 4.79 Å². The van der Waals surface area contributed by atoms with E-state index in [0.29, 0.717) is 18.0 Å². The number of nitrogens with two attached hydrogens (primary N) is 1. The van der Waals surface area contributed by atoms with Crippen LogP contribution in [0.25, 0.3) is 0 Å². The number of amides is 1. The van der Waals surface area contributed by atoms with Gasteiger partial charge >= 0.3 is 0 Å². The molecule has 0 aromatic rings. The second-order valence-corrected chi connectivity index (χ2v) is 5.65. The lowest BCUT2D eigenvalue weighted by Gasteiger charge is -2.40. The Morgan fingerprint density at radius 3 is 2.71 bits per heavy atom. The summed E-state index contributed by atoms with van der Waals surface area (Å²) in [5.41, 5.74) is 5.72. The summed E-state index contributed by atoms with van der Waals surface area (Å²) in [6, 6.07) is 0.741. The average molecular weight is 214 g/mol. The lowest BCUT2D eigenvalue weighted by Crippen LogP contribution is -2.52. The highest BCUT2D eigenvalue weighted by Crippen LogP contribution is 2.30. The van der Waals surface area contributed by atoms with Gasteiger partial charge in [0.1, 0.15) is 0 Å². The van der Waals surface area contributed by atoms with E-state index in [1.165, 1.54) is 6.42 Å². The Kier molecular flexibility index (Phi) is 3.02. The Morgan fingerprint density at radius 2 is 2.21 bits per heavy atom. The molecule has 1 heterocycles. The van der Waals surface area contributed by atoms with E-state index >= 15 is 0 Å². The van der Waals surface area contributed by atoms with Crippen LogP contribution in [-0.4, -0.2) is 40.9 Å². The molecular formula is C10H18N2OS. The molecule has 1 aliphatic heterocycles. The van der Waals surface area contributed by atoms with Crippen molar-refractivity contribution in [3.8, 4) is 0 Å². The highest BCUT2D eigenvalue weighted by atomic mass is 32.2. The normalized spacial score (nSPS) is 36.6. The third-order valence-electron chi connectivity index (χ3n) is 3.25. The molecular weight excluding hydrogens is 196 g/mol. The zero-order valence-electron chi connectivity index (χ0n) is 8.61. The van der Waals surface area contributed by atoms with Gasteiger partial charge in [-0.2, -0.15) is 0 Å². The third-order valence-corrected chi connectivity index (χ3v) is 4.61. The van der Waals surface area contributed by atoms with Crippen LogP contribution >= 0.6 is 11.8 Å². The van der Waals surface area contributed by atoms with E-state index in [9.17, 15) is 4.79 Å². The van der Waals surface area contributed by atoms with Crippen molar-refractivity contribution in [1.82, 2.24) is 4.90 Å². The molecule has 0 radical (unpaired) electrons. The summed E-state index contributed by atoms with van der Waals surface area (Å²) in [5, 5.41) is 0.233. The minimum Gasteiger partial charge on any atom is -0.342 e. The first kappa shape index (κ1) is 10.3. The minimum absolute atomic E-state index is 0.233. The van der Waals surface area contributed by atoms with Gasteiger partial charge in [0.25, 0.3) is 0 Å². The summed E-state index contributed by atoms with van der Waals surface area (Å²) in [6.45, 7) is 0. The fraction of sp³-hybridized carbons (Fsp3) is 0.900. The van der Waals surface area contributed by atoms with Crippen LogP contribution in [-0.2, 0) is 4.79 Å². The van der Waals surface area contributed by atoms with Gasteiger partial charge in [0.05, 0.1) is 5.25 Å². The van der Waals surface area contributed by atoms with Crippen molar-refractivity contribution in [2.75, 3.05) is 12.8 Å². The van der Waals surface area contributed by atoms with Crippen molar-refractivity contribution in [3.63, 3.8) is 0 Å². The number of hydrogen-bond donors (Lipinski definition) is 1. The molecule has 1 saturated carbocycles. The van der Waals surface area contributed by atoms with Gasteiger partial charge in [-0.05, 0) is 31.4 Å². The fourth-order valence-corrected chi connectivity index (χ4v) is 3.39. The number of thioether (sulfide) groups is 1. The topological polar surface area (TPSA) is 46.3 Å². The largest absolute Gasteiger partial charge is 0.342 e. The molecule has 1 saturated heterocycles. The summed E-state index contributed by atoms with van der Waals surface area (Å²) < 4.78 is 0. The molecule has 80 valence electrons. The molecule has 1 aliphatic carbocycles. The molecule has 3 nitrogen and oxygen atoms in total. The van der Waals surface area contributed by atoms with Crippen LogP contribution in [0.4, 0.5) is 0 Å². The number of carbonyl (C=O) groups excluding carboxylic acids is 1. The Labute approximate surface area is 89.4 Å². The second kappa shape index (κ2) is 4.11. The molecule has 4 heteroatoms. The predicted molar refractivity (Wildman–Crippen MR) is 59.2 cm³/mol. The molecule has 1 atom stereocenters. The van der Waals surface area contributed by atoms with Crippen LogP contribution in [0.1, 0.15) is 25.7 Å². The summed E-state index contributed by atoms with van der Waals surface area (Å²) in [6.07, 6.45) is 4.23. The molecule has 2 N–H and O–H groups in total. The van der Waals surface area contributed by atoms with Crippen molar-refractivity contribution in [3.05, 3.63) is 0 Å². The van der Waals surface area contributed by atoms with Gasteiger partial charge in [-0.15, -0.1) is 11.8 Å². The third kappa shape index (κ3) is 1.91. The van der Waals surface area contributed by atoms with Crippen LogP contribution in [0, 0.1) is 0 Å². The standard InChI is InChI=1S/C10H18N2OS/c1-12(8-5-7(11)6-8)10(13)9-3-2-4-14-9/h7-9H,2-6,11H2,1H3. The van der Waals surface area contributed by atoms with Gasteiger partial charge in [0.2, 0.25) is 5.91 Å². The molecule has 0 spiro atoms. The van der Waals surface area contributed by atoms with E-state index in [0.717, 1.165) is 25.0 Å². The monoisotopic (exact) mass is 214 g/mol. The van der Waals surface area contributed by atoms with E-state index < -0.39 is 0 Å². The zero-order chi connectivity index (χ0) is 10.1. The van der Waals surface area contributed by atoms with Crippen molar-refractivity contribution >= 4 is 17.7 Å². The molecule has 14 heavy (non-hydrogen) atoms. The van der Waals surface area contributed by atoms with Crippen LogP contribution in [0.2, 0.25) is 0 Å². The predicted octanol–water partition coefficient (Wildman–Crippen LogP) is 0.830. The maximum absolute atomic E-state index is 12.0. The Bertz CT molecular complexity index is 222. The summed E-state index contributed by atoms with van der Waals surface area (Å²) in [7, 11) is 1.93. The van der Waals surface area contributed by atoms with Gasteiger partial charge < -0.3 is 10.6 Å². The maximum atomic E-state index is 12.0. The fourth-order valence-electron chi connectivity index (χ4n) is 2.13. The molecule has 1 unspecified atom stereocenters. The molecule has 0 aromatic carbocycles. The SMILES string of the molecule is CN(C(=O)C1CCCS1)C1CC(N)C1. The smallest absolute Gasteiger partial charge is 0.235 e. The van der Waals surface area contributed by atoms with Crippen molar-refractivity contribution in [2.24, 2.45) is 5.73 Å². The Morgan fingerprint density at radius 1 is 1.50 bits per heavy atom. The van der Waals surface area contributed by atoms with Crippen molar-refractivity contribution in [1.29, 1.82) is 0 Å². The van der Waals surface area contributed by atoms with E-state index in [-0.39, 0.29) is 5.25 Å². The maximum Gasteiger partial charge on any atom is 0.235 e. The molecule has 1 amide bonds. The average Bonchev–Trinajstić information content (AvgIpc) is 2.63. The van der Waals surface area contributed by atoms with Gasteiger partial charge in [0, 0.05) is 19.1 Å². The van der Waals surface area contributed by atoms with Crippen LogP contribution in [0.15, 0.2) is 0 Å². The number of hydrogen-bond acceptors (Lipinski definition) is 3. The zero-order valence-corrected chi connectivity index (χ0v) is 9.43. The number of nitrogens with zero attached hydrogens (tertiary/aromatic N) is 1. The van der Waals surface area contributed by atoms with Gasteiger partial charge in [0.15, 0.2) is 0 Å². The summed E-state index contributed by atoms with van der Waals surface area (Å²) in [4.78, 5) is 13.9. The highest BCUT2D eigenvalue weighted by Gasteiger charge is 2.35. The lowest BCUT2D eigenvalue weighted by molar-refractivity contribution is -0.133. The van der Waals surface area contributed by atoms with Crippen LogP contribution < -0.4 is 5.73 Å². The van der Waals surface area contributed by atoms with Gasteiger partial charge in [-0.25, -0.2) is 0 Å². The highest BCUT2D eigenvalue weighted by molar-refractivity contribution is 8.00. The quantitative estimate of drug-likeness (QED) is 0.740. The summed E-state index contributed by atoms with van der Waals surface area (Å²) >= 11 is 1.81. The van der Waals surface area contributed by atoms with Gasteiger partial charge in [-0.1, -0.05) is 0 Å². The molecule has 2 aliphatic rings. The van der Waals surface area contributed by atoms with Crippen molar-refractivity contribution in [2.45, 2.75) is 43.0 Å². The lowest BCUT2D eigenvalue weighted by atomic mass is 9.86. The Balaban J connectivity index is 1.84. The summed E-state index contributed by atoms with van der Waals surface area (Å²) in [5.74, 6) is 1.47. The molecule has 2 fully saturated rings. The van der Waals surface area contributed by atoms with E-state index in [4.69, 9.17) is 5.73 Å². The van der Waals surface area contributed by atoms with E-state index in [1.54, 1.807) is 0 Å². The molecule has 0 aromatic heterocycles. The minimum atomic E-state index is 0.233. The van der Waals surface area contributed by atoms with Crippen LogP contribution in [0.5, 0.6) is 0 Å². The first-order valence-corrected chi connectivity index (χ1v) is 6.37. The van der Waals surface area contributed by atoms with Crippen molar-refractivity contribution < 1.29 is 4.79 Å². The van der Waals surface area contributed by atoms with Crippen LogP contribution in [0.3, 0.4) is 0 Å². The second-order valence-electron chi connectivity index (χ2n) is 4.34.